The molecular formula is C21H22N2O5S. The molecule has 8 heteroatoms. The van der Waals surface area contributed by atoms with E-state index in [0.29, 0.717) is 23.2 Å². The lowest BCUT2D eigenvalue weighted by molar-refractivity contribution is -0.142. The zero-order valence-electron chi connectivity index (χ0n) is 16.5. The number of hydrogen-bond donors (Lipinski definition) is 1. The average Bonchev–Trinajstić information content (AvgIpc) is 3.32. The van der Waals surface area contributed by atoms with Gasteiger partial charge < -0.3 is 13.9 Å². The number of aromatic nitrogens is 1. The van der Waals surface area contributed by atoms with Crippen LogP contribution in [0.5, 0.6) is 5.75 Å². The number of amides is 1. The third-order valence-corrected chi connectivity index (χ3v) is 4.81. The summed E-state index contributed by atoms with van der Waals surface area (Å²) in [5.41, 5.74) is 2.68. The quantitative estimate of drug-likeness (QED) is 0.553. The van der Waals surface area contributed by atoms with E-state index in [4.69, 9.17) is 13.9 Å². The van der Waals surface area contributed by atoms with Crippen LogP contribution in [0.3, 0.4) is 0 Å². The molecule has 3 aromatic rings. The Balaban J connectivity index is 1.56. The number of furan rings is 1. The number of rotatable bonds is 8. The number of thiazole rings is 1. The number of hydrogen-bond acceptors (Lipinski definition) is 7. The fourth-order valence-corrected chi connectivity index (χ4v) is 3.26. The molecule has 0 spiro atoms. The summed E-state index contributed by atoms with van der Waals surface area (Å²) < 4.78 is 16.3. The fraction of sp³-hybridized carbons (Fsp3) is 0.286. The second-order valence-electron chi connectivity index (χ2n) is 6.40. The van der Waals surface area contributed by atoms with Gasteiger partial charge in [-0.05, 0) is 50.1 Å². The Hall–Kier alpha value is -3.13. The molecule has 2 aromatic heterocycles. The number of carbonyl (C=O) groups excluding carboxylic acids is 2. The first kappa shape index (κ1) is 20.6. The standard InChI is InChI=1S/C21H22N2O5S/c1-4-26-19(24)10-15-12-29-21(22-15)23-20(25)17-8-7-16(28-17)11-27-18-9-13(2)5-6-14(18)3/h5-9,12H,4,10-11H2,1-3H3,(H,22,23,25). The van der Waals surface area contributed by atoms with Crippen LogP contribution in [0.15, 0.2) is 40.1 Å². The molecule has 3 rings (SSSR count). The number of esters is 1. The third-order valence-electron chi connectivity index (χ3n) is 4.00. The molecule has 0 unspecified atom stereocenters. The Morgan fingerprint density at radius 3 is 2.83 bits per heavy atom. The van der Waals surface area contributed by atoms with Gasteiger partial charge in [0.2, 0.25) is 0 Å². The number of nitrogens with zero attached hydrogens (tertiary/aromatic N) is 1. The van der Waals surface area contributed by atoms with E-state index in [-0.39, 0.29) is 24.8 Å². The van der Waals surface area contributed by atoms with Crippen LogP contribution in [0, 0.1) is 13.8 Å². The summed E-state index contributed by atoms with van der Waals surface area (Å²) in [5, 5.41) is 4.76. The maximum absolute atomic E-state index is 12.4. The van der Waals surface area contributed by atoms with Crippen molar-refractivity contribution < 1.29 is 23.5 Å². The second kappa shape index (κ2) is 9.38. The summed E-state index contributed by atoms with van der Waals surface area (Å²) in [6.45, 7) is 6.26. The highest BCUT2D eigenvalue weighted by molar-refractivity contribution is 7.14. The van der Waals surface area contributed by atoms with Gasteiger partial charge in [0.25, 0.3) is 5.91 Å². The minimum absolute atomic E-state index is 0.0703. The van der Waals surface area contributed by atoms with Gasteiger partial charge in [-0.3, -0.25) is 14.9 Å². The minimum Gasteiger partial charge on any atom is -0.485 e. The molecule has 2 heterocycles. The predicted molar refractivity (Wildman–Crippen MR) is 109 cm³/mol. The lowest BCUT2D eigenvalue weighted by Gasteiger charge is -2.08. The number of ether oxygens (including phenoxy) is 2. The molecule has 0 aliphatic heterocycles. The van der Waals surface area contributed by atoms with Crippen molar-refractivity contribution >= 4 is 28.3 Å². The zero-order chi connectivity index (χ0) is 20.8. The van der Waals surface area contributed by atoms with Crippen LogP contribution in [0.2, 0.25) is 0 Å². The Morgan fingerprint density at radius 2 is 2.03 bits per heavy atom. The van der Waals surface area contributed by atoms with Crippen molar-refractivity contribution in [1.29, 1.82) is 0 Å². The van der Waals surface area contributed by atoms with Crippen molar-refractivity contribution in [3.8, 4) is 5.75 Å². The number of carbonyl (C=O) groups is 2. The van der Waals surface area contributed by atoms with Gasteiger partial charge in [0.05, 0.1) is 18.7 Å². The van der Waals surface area contributed by atoms with Crippen LogP contribution in [-0.2, 0) is 22.6 Å². The van der Waals surface area contributed by atoms with Gasteiger partial charge in [-0.2, -0.15) is 0 Å². The van der Waals surface area contributed by atoms with Crippen LogP contribution in [0.1, 0.15) is 40.1 Å². The fourth-order valence-electron chi connectivity index (χ4n) is 2.55. The lowest BCUT2D eigenvalue weighted by atomic mass is 10.1. The molecule has 0 atom stereocenters. The molecule has 1 N–H and O–H groups in total. The summed E-state index contributed by atoms with van der Waals surface area (Å²) >= 11 is 1.23. The van der Waals surface area contributed by atoms with Gasteiger partial charge in [-0.1, -0.05) is 12.1 Å². The second-order valence-corrected chi connectivity index (χ2v) is 7.26. The van der Waals surface area contributed by atoms with E-state index in [2.05, 4.69) is 10.3 Å². The molecule has 0 saturated carbocycles. The van der Waals surface area contributed by atoms with Gasteiger partial charge in [-0.15, -0.1) is 11.3 Å². The lowest BCUT2D eigenvalue weighted by Crippen LogP contribution is -2.11. The summed E-state index contributed by atoms with van der Waals surface area (Å²) in [6.07, 6.45) is 0.0703. The summed E-state index contributed by atoms with van der Waals surface area (Å²) in [4.78, 5) is 28.1. The highest BCUT2D eigenvalue weighted by atomic mass is 32.1. The molecular weight excluding hydrogens is 392 g/mol. The SMILES string of the molecule is CCOC(=O)Cc1csc(NC(=O)c2ccc(COc3cc(C)ccc3C)o2)n1. The van der Waals surface area contributed by atoms with Gasteiger partial charge in [0.15, 0.2) is 10.9 Å². The van der Waals surface area contributed by atoms with Crippen molar-refractivity contribution in [2.24, 2.45) is 0 Å². The maximum atomic E-state index is 12.4. The molecule has 0 aliphatic carbocycles. The molecule has 0 saturated heterocycles. The Kier molecular flexibility index (Phi) is 6.66. The summed E-state index contributed by atoms with van der Waals surface area (Å²) in [6, 6.07) is 9.27. The topological polar surface area (TPSA) is 90.7 Å². The summed E-state index contributed by atoms with van der Waals surface area (Å²) in [7, 11) is 0. The molecule has 0 fully saturated rings. The van der Waals surface area contributed by atoms with E-state index in [1.807, 2.05) is 32.0 Å². The Labute approximate surface area is 172 Å². The highest BCUT2D eigenvalue weighted by Crippen LogP contribution is 2.22. The third kappa shape index (κ3) is 5.68. The maximum Gasteiger partial charge on any atom is 0.311 e. The van der Waals surface area contributed by atoms with Crippen LogP contribution in [0.4, 0.5) is 5.13 Å². The first-order valence-corrected chi connectivity index (χ1v) is 10.0. The van der Waals surface area contributed by atoms with E-state index < -0.39 is 5.91 Å². The van der Waals surface area contributed by atoms with E-state index in [0.717, 1.165) is 16.9 Å². The number of aryl methyl sites for hydroxylation is 2. The monoisotopic (exact) mass is 414 g/mol. The van der Waals surface area contributed by atoms with E-state index in [1.54, 1.807) is 24.4 Å². The molecule has 0 bridgehead atoms. The van der Waals surface area contributed by atoms with Crippen LogP contribution in [-0.4, -0.2) is 23.5 Å². The van der Waals surface area contributed by atoms with Gasteiger partial charge in [-0.25, -0.2) is 4.98 Å². The molecule has 1 aromatic carbocycles. The molecule has 29 heavy (non-hydrogen) atoms. The van der Waals surface area contributed by atoms with Gasteiger partial charge in [0.1, 0.15) is 18.1 Å². The summed E-state index contributed by atoms with van der Waals surface area (Å²) in [5.74, 6) is 0.712. The van der Waals surface area contributed by atoms with E-state index in [1.165, 1.54) is 11.3 Å². The smallest absolute Gasteiger partial charge is 0.311 e. The molecule has 0 radical (unpaired) electrons. The first-order chi connectivity index (χ1) is 13.9. The number of nitrogens with one attached hydrogen (secondary N) is 1. The van der Waals surface area contributed by atoms with E-state index in [9.17, 15) is 9.59 Å². The van der Waals surface area contributed by atoms with Crippen LogP contribution < -0.4 is 10.1 Å². The van der Waals surface area contributed by atoms with E-state index >= 15 is 0 Å². The normalized spacial score (nSPS) is 10.6. The molecule has 0 aliphatic rings. The average molecular weight is 414 g/mol. The molecule has 1 amide bonds. The molecule has 7 nitrogen and oxygen atoms in total. The van der Waals surface area contributed by atoms with Gasteiger partial charge >= 0.3 is 5.97 Å². The predicted octanol–water partition coefficient (Wildman–Crippen LogP) is 4.29. The van der Waals surface area contributed by atoms with Crippen molar-refractivity contribution in [1.82, 2.24) is 4.98 Å². The Morgan fingerprint density at radius 1 is 1.21 bits per heavy atom. The highest BCUT2D eigenvalue weighted by Gasteiger charge is 2.15. The number of anilines is 1. The first-order valence-electron chi connectivity index (χ1n) is 9.14. The van der Waals surface area contributed by atoms with Gasteiger partial charge in [0, 0.05) is 5.38 Å². The van der Waals surface area contributed by atoms with Crippen molar-refractivity contribution in [2.75, 3.05) is 11.9 Å². The largest absolute Gasteiger partial charge is 0.485 e. The van der Waals surface area contributed by atoms with Crippen LogP contribution in [0.25, 0.3) is 0 Å². The van der Waals surface area contributed by atoms with Crippen LogP contribution >= 0.6 is 11.3 Å². The Bertz CT molecular complexity index is 1010. The van der Waals surface area contributed by atoms with Crippen molar-refractivity contribution in [3.63, 3.8) is 0 Å². The minimum atomic E-state index is -0.417. The number of benzene rings is 1. The van der Waals surface area contributed by atoms with Crippen molar-refractivity contribution in [2.45, 2.75) is 33.8 Å². The molecule has 152 valence electrons. The zero-order valence-corrected chi connectivity index (χ0v) is 17.3. The van der Waals surface area contributed by atoms with Crippen molar-refractivity contribution in [3.05, 3.63) is 64.1 Å².